The van der Waals surface area contributed by atoms with Crippen LogP contribution in [0.25, 0.3) is 0 Å². The van der Waals surface area contributed by atoms with Crippen molar-refractivity contribution < 1.29 is 18.0 Å². The summed E-state index contributed by atoms with van der Waals surface area (Å²) in [5, 5.41) is 5.68. The van der Waals surface area contributed by atoms with Gasteiger partial charge >= 0.3 is 6.18 Å². The summed E-state index contributed by atoms with van der Waals surface area (Å²) in [5.74, 6) is -0.580. The minimum absolute atomic E-state index is 0.118. The second-order valence-corrected chi connectivity index (χ2v) is 10.4. The quantitative estimate of drug-likeness (QED) is 0.473. The van der Waals surface area contributed by atoms with Crippen LogP contribution >= 0.6 is 22.9 Å². The molecule has 3 heterocycles. The van der Waals surface area contributed by atoms with Gasteiger partial charge in [0.15, 0.2) is 0 Å². The lowest BCUT2D eigenvalue weighted by atomic mass is 9.82. The molecule has 35 heavy (non-hydrogen) atoms. The third-order valence-corrected chi connectivity index (χ3v) is 7.97. The third-order valence-electron chi connectivity index (χ3n) is 6.80. The third kappa shape index (κ3) is 5.14. The Morgan fingerprint density at radius 2 is 1.97 bits per heavy atom. The molecular weight excluding hydrogens is 495 g/mol. The zero-order chi connectivity index (χ0) is 24.6. The number of fused-ring (bicyclic) bond motifs is 3. The number of hydrogen-bond donors (Lipinski definition) is 1. The van der Waals surface area contributed by atoms with Crippen LogP contribution in [0.3, 0.4) is 0 Å². The van der Waals surface area contributed by atoms with Gasteiger partial charge in [0, 0.05) is 47.5 Å². The topological polar surface area (TPSA) is 35.6 Å². The molecule has 0 saturated carbocycles. The highest BCUT2D eigenvalue weighted by Crippen LogP contribution is 2.40. The fraction of sp³-hybridized carbons (Fsp3) is 0.346. The molecule has 2 aliphatic rings. The molecule has 0 spiro atoms. The molecule has 0 aliphatic carbocycles. The van der Waals surface area contributed by atoms with Crippen molar-refractivity contribution in [2.24, 2.45) is 5.92 Å². The molecule has 1 saturated heterocycles. The molecule has 4 nitrogen and oxygen atoms in total. The molecule has 1 aromatic heterocycles. The van der Waals surface area contributed by atoms with Gasteiger partial charge in [-0.25, -0.2) is 0 Å². The van der Waals surface area contributed by atoms with Crippen molar-refractivity contribution in [1.82, 2.24) is 5.32 Å². The summed E-state index contributed by atoms with van der Waals surface area (Å²) in [6, 6.07) is 15.4. The van der Waals surface area contributed by atoms with Gasteiger partial charge in [-0.05, 0) is 66.2 Å². The Hall–Kier alpha value is -2.71. The lowest BCUT2D eigenvalue weighted by Crippen LogP contribution is -2.61. The van der Waals surface area contributed by atoms with Crippen molar-refractivity contribution in [2.45, 2.75) is 25.1 Å². The lowest BCUT2D eigenvalue weighted by Gasteiger charge is -2.49. The Morgan fingerprint density at radius 1 is 1.11 bits per heavy atom. The second kappa shape index (κ2) is 9.74. The molecule has 0 radical (unpaired) electrons. The number of carbonyl (C=O) groups excluding carboxylic acids is 1. The average Bonchev–Trinajstić information content (AvgIpc) is 3.35. The van der Waals surface area contributed by atoms with Crippen molar-refractivity contribution in [3.63, 3.8) is 0 Å². The summed E-state index contributed by atoms with van der Waals surface area (Å²) >= 11 is 7.84. The molecule has 184 valence electrons. The zero-order valence-corrected chi connectivity index (χ0v) is 20.5. The summed E-state index contributed by atoms with van der Waals surface area (Å²) in [6.07, 6.45) is -3.42. The number of anilines is 2. The number of hydrogen-bond acceptors (Lipinski definition) is 4. The minimum Gasteiger partial charge on any atom is -0.368 e. The van der Waals surface area contributed by atoms with Gasteiger partial charge in [0.1, 0.15) is 0 Å². The Labute approximate surface area is 211 Å². The van der Waals surface area contributed by atoms with Gasteiger partial charge in [-0.1, -0.05) is 23.7 Å². The number of thiophene rings is 1. The number of alkyl halides is 3. The Kier molecular flexibility index (Phi) is 6.68. The molecule has 1 amide bonds. The van der Waals surface area contributed by atoms with Crippen molar-refractivity contribution in [1.29, 1.82) is 0 Å². The summed E-state index contributed by atoms with van der Waals surface area (Å²) in [5.41, 5.74) is 1.67. The molecule has 2 atom stereocenters. The van der Waals surface area contributed by atoms with Gasteiger partial charge < -0.3 is 15.1 Å². The maximum absolute atomic E-state index is 13.4. The Morgan fingerprint density at radius 3 is 2.71 bits per heavy atom. The molecule has 1 N–H and O–H groups in total. The first-order chi connectivity index (χ1) is 16.8. The highest BCUT2D eigenvalue weighted by atomic mass is 35.5. The van der Waals surface area contributed by atoms with E-state index in [4.69, 9.17) is 11.6 Å². The van der Waals surface area contributed by atoms with E-state index in [-0.39, 0.29) is 18.4 Å². The standard InChI is InChI=1S/C26H25ClF3N3OS/c27-19-3-1-4-20(15-19)32-10-11-33-23-7-6-18(26(28,29)30)13-17(23)14-22(24(33)16-32)25(34)31-9-8-21-5-2-12-35-21/h1-7,12-13,15,22,24H,8-11,14,16H2,(H,31,34). The number of carbonyl (C=O) groups is 1. The maximum Gasteiger partial charge on any atom is 0.416 e. The van der Waals surface area contributed by atoms with Crippen LogP contribution in [0.15, 0.2) is 60.0 Å². The van der Waals surface area contributed by atoms with Gasteiger partial charge in [-0.2, -0.15) is 13.2 Å². The van der Waals surface area contributed by atoms with E-state index in [0.717, 1.165) is 23.9 Å². The number of rotatable bonds is 5. The summed E-state index contributed by atoms with van der Waals surface area (Å²) in [6.45, 7) is 2.37. The van der Waals surface area contributed by atoms with Crippen LogP contribution in [-0.4, -0.2) is 38.1 Å². The molecule has 2 aromatic carbocycles. The highest BCUT2D eigenvalue weighted by Gasteiger charge is 2.42. The highest BCUT2D eigenvalue weighted by molar-refractivity contribution is 7.09. The van der Waals surface area contributed by atoms with Gasteiger partial charge in [0.25, 0.3) is 0 Å². The molecular formula is C26H25ClF3N3OS. The Balaban J connectivity index is 1.41. The molecule has 2 unspecified atom stereocenters. The predicted octanol–water partition coefficient (Wildman–Crippen LogP) is 5.65. The van der Waals surface area contributed by atoms with E-state index < -0.39 is 17.7 Å². The summed E-state index contributed by atoms with van der Waals surface area (Å²) in [4.78, 5) is 18.9. The number of halogens is 4. The normalized spacial score (nSPS) is 19.8. The minimum atomic E-state index is -4.42. The first kappa shape index (κ1) is 24.0. The predicted molar refractivity (Wildman–Crippen MR) is 134 cm³/mol. The van der Waals surface area contributed by atoms with Crippen LogP contribution in [0.2, 0.25) is 5.02 Å². The fourth-order valence-corrected chi connectivity index (χ4v) is 6.00. The molecule has 9 heteroatoms. The van der Waals surface area contributed by atoms with Crippen molar-refractivity contribution in [3.8, 4) is 0 Å². The monoisotopic (exact) mass is 519 g/mol. The Bertz CT molecular complexity index is 1200. The van der Waals surface area contributed by atoms with E-state index in [1.165, 1.54) is 10.9 Å². The summed E-state index contributed by atoms with van der Waals surface area (Å²) in [7, 11) is 0. The summed E-state index contributed by atoms with van der Waals surface area (Å²) < 4.78 is 40.2. The second-order valence-electron chi connectivity index (χ2n) is 8.96. The van der Waals surface area contributed by atoms with Crippen LogP contribution < -0.4 is 15.1 Å². The number of nitrogens with one attached hydrogen (secondary N) is 1. The molecule has 0 bridgehead atoms. The van der Waals surface area contributed by atoms with Crippen LogP contribution in [-0.2, 0) is 23.8 Å². The molecule has 2 aliphatic heterocycles. The van der Waals surface area contributed by atoms with Crippen LogP contribution in [0.5, 0.6) is 0 Å². The zero-order valence-electron chi connectivity index (χ0n) is 18.9. The van der Waals surface area contributed by atoms with Gasteiger partial charge in [-0.3, -0.25) is 4.79 Å². The van der Waals surface area contributed by atoms with Gasteiger partial charge in [0.05, 0.1) is 17.5 Å². The molecule has 3 aromatic rings. The number of piperazine rings is 1. The average molecular weight is 520 g/mol. The first-order valence-electron chi connectivity index (χ1n) is 11.6. The maximum atomic E-state index is 13.4. The van der Waals surface area contributed by atoms with E-state index in [1.54, 1.807) is 17.4 Å². The largest absolute Gasteiger partial charge is 0.416 e. The van der Waals surface area contributed by atoms with Gasteiger partial charge in [-0.15, -0.1) is 11.3 Å². The molecule has 5 rings (SSSR count). The van der Waals surface area contributed by atoms with Crippen molar-refractivity contribution in [3.05, 3.63) is 81.0 Å². The number of amides is 1. The van der Waals surface area contributed by atoms with E-state index in [0.29, 0.717) is 36.8 Å². The van der Waals surface area contributed by atoms with E-state index in [1.807, 2.05) is 41.8 Å². The van der Waals surface area contributed by atoms with E-state index in [2.05, 4.69) is 15.1 Å². The smallest absolute Gasteiger partial charge is 0.368 e. The fourth-order valence-electron chi connectivity index (χ4n) is 5.10. The van der Waals surface area contributed by atoms with Crippen LogP contribution in [0, 0.1) is 5.92 Å². The SMILES string of the molecule is O=C(NCCc1cccs1)C1Cc2cc(C(F)(F)F)ccc2N2CCN(c3cccc(Cl)c3)CC12. The molecule has 1 fully saturated rings. The lowest BCUT2D eigenvalue weighted by molar-refractivity contribution is -0.137. The first-order valence-corrected chi connectivity index (χ1v) is 12.8. The van der Waals surface area contributed by atoms with E-state index in [9.17, 15) is 18.0 Å². The van der Waals surface area contributed by atoms with Gasteiger partial charge in [0.2, 0.25) is 5.91 Å². The van der Waals surface area contributed by atoms with Crippen LogP contribution in [0.1, 0.15) is 16.0 Å². The van der Waals surface area contributed by atoms with Crippen molar-refractivity contribution in [2.75, 3.05) is 36.0 Å². The van der Waals surface area contributed by atoms with Crippen LogP contribution in [0.4, 0.5) is 24.5 Å². The van der Waals surface area contributed by atoms with Crippen molar-refractivity contribution >= 4 is 40.2 Å². The van der Waals surface area contributed by atoms with E-state index >= 15 is 0 Å². The number of nitrogens with zero attached hydrogens (tertiary/aromatic N) is 2. The number of benzene rings is 2.